The molecule has 2 aromatic carbocycles. The normalized spacial score (nSPS) is 16.8. The quantitative estimate of drug-likeness (QED) is 0.754. The van der Waals surface area contributed by atoms with Crippen molar-refractivity contribution >= 4 is 40.7 Å². The Hall–Kier alpha value is -2.04. The van der Waals surface area contributed by atoms with Crippen LogP contribution in [0.15, 0.2) is 48.5 Å². The monoisotopic (exact) mass is 390 g/mol. The van der Waals surface area contributed by atoms with Crippen LogP contribution in [-0.2, 0) is 16.0 Å². The lowest BCUT2D eigenvalue weighted by atomic mass is 10.1. The van der Waals surface area contributed by atoms with E-state index in [2.05, 4.69) is 17.4 Å². The largest absolute Gasteiger partial charge is 0.356 e. The van der Waals surface area contributed by atoms with Crippen LogP contribution in [0.3, 0.4) is 0 Å². The first-order chi connectivity index (χ1) is 12.5. The van der Waals surface area contributed by atoms with E-state index >= 15 is 0 Å². The molecule has 1 fully saturated rings. The first-order valence-corrected chi connectivity index (χ1v) is 9.36. The van der Waals surface area contributed by atoms with E-state index in [0.29, 0.717) is 28.8 Å². The zero-order valence-corrected chi connectivity index (χ0v) is 15.8. The molecule has 1 saturated heterocycles. The van der Waals surface area contributed by atoms with Crippen LogP contribution < -0.4 is 10.2 Å². The minimum Gasteiger partial charge on any atom is -0.356 e. The predicted molar refractivity (Wildman–Crippen MR) is 105 cm³/mol. The Labute approximate surface area is 163 Å². The van der Waals surface area contributed by atoms with Crippen LogP contribution in [-0.4, -0.2) is 24.9 Å². The summed E-state index contributed by atoms with van der Waals surface area (Å²) >= 11 is 12.0. The highest BCUT2D eigenvalue weighted by atomic mass is 35.5. The fraction of sp³-hybridized carbons (Fsp3) is 0.300. The van der Waals surface area contributed by atoms with Gasteiger partial charge in [0.1, 0.15) is 0 Å². The Morgan fingerprint density at radius 2 is 1.81 bits per heavy atom. The third kappa shape index (κ3) is 4.77. The van der Waals surface area contributed by atoms with Gasteiger partial charge in [0.15, 0.2) is 0 Å². The van der Waals surface area contributed by atoms with E-state index in [9.17, 15) is 9.59 Å². The van der Waals surface area contributed by atoms with E-state index < -0.39 is 0 Å². The lowest BCUT2D eigenvalue weighted by Gasteiger charge is -2.17. The molecule has 4 nitrogen and oxygen atoms in total. The molecule has 1 unspecified atom stereocenters. The molecule has 0 bridgehead atoms. The summed E-state index contributed by atoms with van der Waals surface area (Å²) in [5.74, 6) is -0.521. The number of amides is 2. The molecule has 1 heterocycles. The molecule has 0 aromatic heterocycles. The van der Waals surface area contributed by atoms with E-state index in [1.165, 1.54) is 5.56 Å². The van der Waals surface area contributed by atoms with E-state index in [4.69, 9.17) is 23.2 Å². The first-order valence-electron chi connectivity index (χ1n) is 8.61. The minimum atomic E-state index is -0.350. The fourth-order valence-corrected chi connectivity index (χ4v) is 3.64. The van der Waals surface area contributed by atoms with Gasteiger partial charge >= 0.3 is 0 Å². The topological polar surface area (TPSA) is 49.4 Å². The summed E-state index contributed by atoms with van der Waals surface area (Å²) in [5, 5.41) is 3.87. The summed E-state index contributed by atoms with van der Waals surface area (Å²) in [6.45, 7) is 0.946. The van der Waals surface area contributed by atoms with Crippen LogP contribution in [0.5, 0.6) is 0 Å². The number of rotatable bonds is 6. The molecule has 1 N–H and O–H groups in total. The van der Waals surface area contributed by atoms with E-state index in [-0.39, 0.29) is 24.2 Å². The molecule has 1 atom stereocenters. The molecular weight excluding hydrogens is 371 g/mol. The van der Waals surface area contributed by atoms with Gasteiger partial charge in [0, 0.05) is 35.2 Å². The van der Waals surface area contributed by atoms with Gasteiger partial charge in [0.25, 0.3) is 0 Å². The fourth-order valence-electron chi connectivity index (χ4n) is 3.12. The van der Waals surface area contributed by atoms with E-state index in [1.54, 1.807) is 23.1 Å². The molecule has 1 aliphatic rings. The van der Waals surface area contributed by atoms with Crippen LogP contribution in [0.2, 0.25) is 10.0 Å². The molecular formula is C20H20Cl2N2O2. The molecule has 136 valence electrons. The van der Waals surface area contributed by atoms with Crippen molar-refractivity contribution in [1.29, 1.82) is 0 Å². The van der Waals surface area contributed by atoms with Crippen LogP contribution >= 0.6 is 23.2 Å². The summed E-state index contributed by atoms with van der Waals surface area (Å²) < 4.78 is 0. The van der Waals surface area contributed by atoms with Crippen molar-refractivity contribution in [2.75, 3.05) is 18.0 Å². The number of benzene rings is 2. The van der Waals surface area contributed by atoms with Crippen molar-refractivity contribution in [2.24, 2.45) is 5.92 Å². The lowest BCUT2D eigenvalue weighted by molar-refractivity contribution is -0.126. The third-order valence-corrected chi connectivity index (χ3v) is 4.88. The molecule has 2 aromatic rings. The van der Waals surface area contributed by atoms with Crippen LogP contribution in [0.25, 0.3) is 0 Å². The zero-order valence-electron chi connectivity index (χ0n) is 14.3. The number of carbonyl (C=O) groups is 2. The third-order valence-electron chi connectivity index (χ3n) is 4.44. The van der Waals surface area contributed by atoms with Gasteiger partial charge in [0.2, 0.25) is 11.8 Å². The number of hydrogen-bond donors (Lipinski definition) is 1. The molecule has 2 amide bonds. The van der Waals surface area contributed by atoms with E-state index in [0.717, 1.165) is 12.8 Å². The van der Waals surface area contributed by atoms with Crippen molar-refractivity contribution < 1.29 is 9.59 Å². The van der Waals surface area contributed by atoms with Crippen molar-refractivity contribution in [1.82, 2.24) is 5.32 Å². The van der Waals surface area contributed by atoms with Gasteiger partial charge in [-0.1, -0.05) is 53.5 Å². The summed E-state index contributed by atoms with van der Waals surface area (Å²) in [6, 6.07) is 15.1. The molecule has 3 rings (SSSR count). The average Bonchev–Trinajstić information content (AvgIpc) is 3.00. The number of carbonyl (C=O) groups excluding carboxylic acids is 2. The number of nitrogens with one attached hydrogen (secondary N) is 1. The highest BCUT2D eigenvalue weighted by molar-refractivity contribution is 6.35. The second-order valence-corrected chi connectivity index (χ2v) is 7.29. The SMILES string of the molecule is O=C(NCCCc1ccccc1)C1CC(=O)N(c2cc(Cl)cc(Cl)c2)C1. The van der Waals surface area contributed by atoms with Crippen molar-refractivity contribution in [2.45, 2.75) is 19.3 Å². The Bertz CT molecular complexity index is 775. The summed E-state index contributed by atoms with van der Waals surface area (Å²) in [5.41, 5.74) is 1.88. The van der Waals surface area contributed by atoms with Gasteiger partial charge in [-0.2, -0.15) is 0 Å². The number of halogens is 2. The zero-order chi connectivity index (χ0) is 18.5. The number of hydrogen-bond acceptors (Lipinski definition) is 2. The lowest BCUT2D eigenvalue weighted by Crippen LogP contribution is -2.33. The van der Waals surface area contributed by atoms with Crippen molar-refractivity contribution in [3.63, 3.8) is 0 Å². The summed E-state index contributed by atoms with van der Waals surface area (Å²) in [4.78, 5) is 26.2. The maximum absolute atomic E-state index is 12.4. The van der Waals surface area contributed by atoms with Crippen molar-refractivity contribution in [3.8, 4) is 0 Å². The van der Waals surface area contributed by atoms with Gasteiger partial charge in [-0.25, -0.2) is 0 Å². The number of nitrogens with zero attached hydrogens (tertiary/aromatic N) is 1. The van der Waals surface area contributed by atoms with Gasteiger partial charge in [-0.05, 0) is 36.6 Å². The Balaban J connectivity index is 1.50. The molecule has 1 aliphatic heterocycles. The minimum absolute atomic E-state index is 0.0814. The van der Waals surface area contributed by atoms with Crippen LogP contribution in [0.4, 0.5) is 5.69 Å². The van der Waals surface area contributed by atoms with Gasteiger partial charge < -0.3 is 10.2 Å². The summed E-state index contributed by atoms with van der Waals surface area (Å²) in [6.07, 6.45) is 1.98. The second-order valence-electron chi connectivity index (χ2n) is 6.41. The Morgan fingerprint density at radius 1 is 1.12 bits per heavy atom. The molecule has 0 spiro atoms. The highest BCUT2D eigenvalue weighted by Gasteiger charge is 2.35. The average molecular weight is 391 g/mol. The Morgan fingerprint density at radius 3 is 2.50 bits per heavy atom. The summed E-state index contributed by atoms with van der Waals surface area (Å²) in [7, 11) is 0. The van der Waals surface area contributed by atoms with Gasteiger partial charge in [-0.15, -0.1) is 0 Å². The van der Waals surface area contributed by atoms with Gasteiger partial charge in [0.05, 0.1) is 5.92 Å². The second kappa shape index (κ2) is 8.56. The maximum atomic E-state index is 12.4. The predicted octanol–water partition coefficient (Wildman–Crippen LogP) is 4.10. The number of anilines is 1. The molecule has 26 heavy (non-hydrogen) atoms. The smallest absolute Gasteiger partial charge is 0.227 e. The van der Waals surface area contributed by atoms with Crippen molar-refractivity contribution in [3.05, 3.63) is 64.1 Å². The Kier molecular flexibility index (Phi) is 6.17. The van der Waals surface area contributed by atoms with E-state index in [1.807, 2.05) is 18.2 Å². The molecule has 0 saturated carbocycles. The molecule has 0 aliphatic carbocycles. The van der Waals surface area contributed by atoms with Gasteiger partial charge in [-0.3, -0.25) is 9.59 Å². The first kappa shape index (κ1) is 18.7. The van der Waals surface area contributed by atoms with Crippen LogP contribution in [0.1, 0.15) is 18.4 Å². The van der Waals surface area contributed by atoms with Crippen LogP contribution in [0, 0.1) is 5.92 Å². The highest BCUT2D eigenvalue weighted by Crippen LogP contribution is 2.30. The standard InChI is InChI=1S/C20H20Cl2N2O2/c21-16-10-17(22)12-18(11-16)24-13-15(9-19(24)25)20(26)23-8-4-7-14-5-2-1-3-6-14/h1-3,5-6,10-12,15H,4,7-9,13H2,(H,23,26). The number of aryl methyl sites for hydroxylation is 1. The molecule has 6 heteroatoms. The molecule has 0 radical (unpaired) electrons. The maximum Gasteiger partial charge on any atom is 0.227 e.